The summed E-state index contributed by atoms with van der Waals surface area (Å²) in [6, 6.07) is 0.0960. The van der Waals surface area contributed by atoms with E-state index in [-0.39, 0.29) is 6.04 Å². The summed E-state index contributed by atoms with van der Waals surface area (Å²) in [5.74, 6) is 0. The largest absolute Gasteiger partial charge is 0.272 e. The van der Waals surface area contributed by atoms with Crippen LogP contribution in [0, 0.1) is 0 Å². The maximum Gasteiger partial charge on any atom is 0.246 e. The van der Waals surface area contributed by atoms with E-state index in [1.807, 2.05) is 13.8 Å². The van der Waals surface area contributed by atoms with Crippen LogP contribution in [0.25, 0.3) is 0 Å². The quantitative estimate of drug-likeness (QED) is 0.824. The third-order valence-corrected chi connectivity index (χ3v) is 5.25. The Balaban J connectivity index is 2.28. The molecule has 1 fully saturated rings. The molecule has 5 nitrogen and oxygen atoms in total. The highest BCUT2D eigenvalue weighted by atomic mass is 32.2. The summed E-state index contributed by atoms with van der Waals surface area (Å²) in [5.41, 5.74) is 0. The van der Waals surface area contributed by atoms with Gasteiger partial charge in [-0.1, -0.05) is 6.42 Å². The maximum absolute atomic E-state index is 12.4. The SMILES string of the molecule is CCn1cc(S(=O)(=O)N2CCCCC2C)cn1. The molecular weight excluding hydrogens is 238 g/mol. The minimum Gasteiger partial charge on any atom is -0.272 e. The van der Waals surface area contributed by atoms with Crippen molar-refractivity contribution in [3.05, 3.63) is 12.4 Å². The maximum atomic E-state index is 12.4. The highest BCUT2D eigenvalue weighted by Gasteiger charge is 2.31. The first-order valence-corrected chi connectivity index (χ1v) is 7.54. The topological polar surface area (TPSA) is 55.2 Å². The molecule has 0 aliphatic carbocycles. The van der Waals surface area contributed by atoms with Crippen LogP contribution in [0.5, 0.6) is 0 Å². The van der Waals surface area contributed by atoms with Gasteiger partial charge in [0.25, 0.3) is 0 Å². The lowest BCUT2D eigenvalue weighted by Gasteiger charge is -2.31. The molecular formula is C11H19N3O2S. The highest BCUT2D eigenvalue weighted by Crippen LogP contribution is 2.24. The van der Waals surface area contributed by atoms with Crippen molar-refractivity contribution in [2.24, 2.45) is 0 Å². The second-order valence-corrected chi connectivity index (χ2v) is 6.38. The zero-order chi connectivity index (χ0) is 12.5. The fourth-order valence-corrected chi connectivity index (χ4v) is 3.87. The summed E-state index contributed by atoms with van der Waals surface area (Å²) in [6.07, 6.45) is 6.06. The lowest BCUT2D eigenvalue weighted by atomic mass is 10.1. The number of rotatable bonds is 3. The summed E-state index contributed by atoms with van der Waals surface area (Å²) in [4.78, 5) is 0.313. The molecule has 17 heavy (non-hydrogen) atoms. The number of hydrogen-bond donors (Lipinski definition) is 0. The van der Waals surface area contributed by atoms with Crippen molar-refractivity contribution < 1.29 is 8.42 Å². The van der Waals surface area contributed by atoms with Crippen LogP contribution in [0.2, 0.25) is 0 Å². The van der Waals surface area contributed by atoms with Gasteiger partial charge in [0.15, 0.2) is 0 Å². The van der Waals surface area contributed by atoms with Crippen molar-refractivity contribution in [2.45, 2.75) is 50.6 Å². The zero-order valence-electron chi connectivity index (χ0n) is 10.3. The Labute approximate surface area is 102 Å². The van der Waals surface area contributed by atoms with Crippen molar-refractivity contribution in [3.63, 3.8) is 0 Å². The van der Waals surface area contributed by atoms with Crippen LogP contribution >= 0.6 is 0 Å². The Bertz CT molecular complexity index is 481. The van der Waals surface area contributed by atoms with E-state index in [9.17, 15) is 8.42 Å². The van der Waals surface area contributed by atoms with Gasteiger partial charge < -0.3 is 0 Å². The average molecular weight is 257 g/mol. The molecule has 2 rings (SSSR count). The molecule has 0 spiro atoms. The van der Waals surface area contributed by atoms with Gasteiger partial charge in [0.1, 0.15) is 4.90 Å². The molecule has 0 bridgehead atoms. The number of piperidine rings is 1. The number of sulfonamides is 1. The van der Waals surface area contributed by atoms with Crippen molar-refractivity contribution >= 4 is 10.0 Å². The lowest BCUT2D eigenvalue weighted by molar-refractivity contribution is 0.268. The van der Waals surface area contributed by atoms with E-state index < -0.39 is 10.0 Å². The molecule has 6 heteroatoms. The second kappa shape index (κ2) is 4.78. The van der Waals surface area contributed by atoms with Crippen molar-refractivity contribution in [1.82, 2.24) is 14.1 Å². The van der Waals surface area contributed by atoms with E-state index in [0.717, 1.165) is 19.3 Å². The Hall–Kier alpha value is -0.880. The van der Waals surface area contributed by atoms with E-state index in [1.165, 1.54) is 6.20 Å². The van der Waals surface area contributed by atoms with Crippen LogP contribution < -0.4 is 0 Å². The molecule has 1 aliphatic rings. The van der Waals surface area contributed by atoms with Crippen LogP contribution in [0.3, 0.4) is 0 Å². The molecule has 1 atom stereocenters. The monoisotopic (exact) mass is 257 g/mol. The molecule has 1 aromatic rings. The third kappa shape index (κ3) is 2.37. The average Bonchev–Trinajstić information content (AvgIpc) is 2.78. The van der Waals surface area contributed by atoms with Crippen LogP contribution in [-0.4, -0.2) is 35.1 Å². The molecule has 0 N–H and O–H groups in total. The predicted molar refractivity (Wildman–Crippen MR) is 65.1 cm³/mol. The normalized spacial score (nSPS) is 22.8. The minimum absolute atomic E-state index is 0.0960. The van der Waals surface area contributed by atoms with Gasteiger partial charge in [-0.3, -0.25) is 4.68 Å². The fourth-order valence-electron chi connectivity index (χ4n) is 2.21. The van der Waals surface area contributed by atoms with Crippen LogP contribution in [0.15, 0.2) is 17.3 Å². The van der Waals surface area contributed by atoms with Gasteiger partial charge in [-0.05, 0) is 26.7 Å². The van der Waals surface area contributed by atoms with Gasteiger partial charge in [-0.15, -0.1) is 0 Å². The Kier molecular flexibility index (Phi) is 3.53. The Morgan fingerprint density at radius 2 is 2.24 bits per heavy atom. The van der Waals surface area contributed by atoms with E-state index in [4.69, 9.17) is 0 Å². The summed E-state index contributed by atoms with van der Waals surface area (Å²) in [7, 11) is -3.35. The predicted octanol–water partition coefficient (Wildman–Crippen LogP) is 1.47. The van der Waals surface area contributed by atoms with E-state index in [2.05, 4.69) is 5.10 Å². The first kappa shape index (κ1) is 12.6. The third-order valence-electron chi connectivity index (χ3n) is 3.28. The summed E-state index contributed by atoms with van der Waals surface area (Å²) in [5, 5.41) is 4.03. The highest BCUT2D eigenvalue weighted by molar-refractivity contribution is 7.89. The molecule has 2 heterocycles. The standard InChI is InChI=1S/C11H19N3O2S/c1-3-13-9-11(8-12-13)17(15,16)14-7-5-4-6-10(14)2/h8-10H,3-7H2,1-2H3. The van der Waals surface area contributed by atoms with Gasteiger partial charge >= 0.3 is 0 Å². The fraction of sp³-hybridized carbons (Fsp3) is 0.727. The van der Waals surface area contributed by atoms with Gasteiger partial charge in [0.2, 0.25) is 10.0 Å². The molecule has 0 radical (unpaired) electrons. The summed E-state index contributed by atoms with van der Waals surface area (Å²) < 4.78 is 28.0. The van der Waals surface area contributed by atoms with Gasteiger partial charge in [-0.2, -0.15) is 9.40 Å². The Morgan fingerprint density at radius 3 is 2.82 bits per heavy atom. The van der Waals surface area contributed by atoms with Crippen molar-refractivity contribution in [1.29, 1.82) is 0 Å². The zero-order valence-corrected chi connectivity index (χ0v) is 11.2. The molecule has 96 valence electrons. The van der Waals surface area contributed by atoms with Crippen molar-refractivity contribution in [3.8, 4) is 0 Å². The summed E-state index contributed by atoms with van der Waals surface area (Å²) >= 11 is 0. The lowest BCUT2D eigenvalue weighted by Crippen LogP contribution is -2.41. The Morgan fingerprint density at radius 1 is 1.47 bits per heavy atom. The van der Waals surface area contributed by atoms with Gasteiger partial charge in [0.05, 0.1) is 6.20 Å². The second-order valence-electron chi connectivity index (χ2n) is 4.49. The van der Waals surface area contributed by atoms with Gasteiger partial charge in [-0.25, -0.2) is 8.42 Å². The van der Waals surface area contributed by atoms with Crippen molar-refractivity contribution in [2.75, 3.05) is 6.54 Å². The number of aryl methyl sites for hydroxylation is 1. The molecule has 1 unspecified atom stereocenters. The first-order chi connectivity index (χ1) is 8.05. The minimum atomic E-state index is -3.35. The van der Waals surface area contributed by atoms with E-state index in [1.54, 1.807) is 15.2 Å². The van der Waals surface area contributed by atoms with Crippen LogP contribution in [0.4, 0.5) is 0 Å². The molecule has 1 aromatic heterocycles. The molecule has 0 amide bonds. The molecule has 1 saturated heterocycles. The first-order valence-electron chi connectivity index (χ1n) is 6.10. The smallest absolute Gasteiger partial charge is 0.246 e. The number of nitrogens with zero attached hydrogens (tertiary/aromatic N) is 3. The van der Waals surface area contributed by atoms with Crippen LogP contribution in [-0.2, 0) is 16.6 Å². The van der Waals surface area contributed by atoms with Crippen LogP contribution in [0.1, 0.15) is 33.1 Å². The van der Waals surface area contributed by atoms with E-state index >= 15 is 0 Å². The molecule has 0 aromatic carbocycles. The summed E-state index contributed by atoms with van der Waals surface area (Å²) in [6.45, 7) is 5.22. The van der Waals surface area contributed by atoms with E-state index in [0.29, 0.717) is 18.0 Å². The molecule has 0 saturated carbocycles. The molecule has 1 aliphatic heterocycles. The van der Waals surface area contributed by atoms with Gasteiger partial charge in [0, 0.05) is 25.3 Å². The number of aromatic nitrogens is 2. The number of hydrogen-bond acceptors (Lipinski definition) is 3.